The zero-order chi connectivity index (χ0) is 22.6. The lowest BCUT2D eigenvalue weighted by atomic mass is 9.98. The molecule has 0 saturated heterocycles. The Morgan fingerprint density at radius 1 is 1.26 bits per heavy atom. The van der Waals surface area contributed by atoms with Gasteiger partial charge in [-0.3, -0.25) is 14.9 Å². The fraction of sp³-hybridized carbons (Fsp3) is 0.458. The number of amides is 3. The number of fused-ring (bicyclic) bond motifs is 1. The second kappa shape index (κ2) is 9.37. The number of nitrogens with one attached hydrogen (secondary N) is 1. The minimum atomic E-state index is -0.491. The number of carbonyl (C=O) groups is 3. The predicted molar refractivity (Wildman–Crippen MR) is 120 cm³/mol. The molecule has 0 bridgehead atoms. The summed E-state index contributed by atoms with van der Waals surface area (Å²) in [6.07, 6.45) is 6.03. The Hall–Kier alpha value is -3.09. The molecule has 0 fully saturated rings. The number of hydrogen-bond donors (Lipinski definition) is 1. The van der Waals surface area contributed by atoms with E-state index in [4.69, 9.17) is 4.74 Å². The van der Waals surface area contributed by atoms with Crippen LogP contribution in [0.3, 0.4) is 0 Å². The molecule has 3 amide bonds. The van der Waals surface area contributed by atoms with Crippen molar-refractivity contribution in [1.29, 1.82) is 0 Å². The highest BCUT2D eigenvalue weighted by Crippen LogP contribution is 2.29. The molecule has 1 aliphatic rings. The third-order valence-electron chi connectivity index (χ3n) is 5.44. The Morgan fingerprint density at radius 3 is 2.68 bits per heavy atom. The fourth-order valence-electron chi connectivity index (χ4n) is 3.79. The van der Waals surface area contributed by atoms with Crippen LogP contribution in [-0.2, 0) is 14.3 Å². The van der Waals surface area contributed by atoms with Crippen molar-refractivity contribution in [2.24, 2.45) is 0 Å². The minimum Gasteiger partial charge on any atom is -0.444 e. The van der Waals surface area contributed by atoms with Crippen LogP contribution in [0, 0.1) is 0 Å². The molecular formula is C24H31N3O4. The van der Waals surface area contributed by atoms with Gasteiger partial charge in [-0.15, -0.1) is 0 Å². The van der Waals surface area contributed by atoms with Crippen molar-refractivity contribution in [3.05, 3.63) is 42.1 Å². The van der Waals surface area contributed by atoms with E-state index >= 15 is 0 Å². The summed E-state index contributed by atoms with van der Waals surface area (Å²) in [4.78, 5) is 35.9. The van der Waals surface area contributed by atoms with Crippen LogP contribution < -0.4 is 5.32 Å². The van der Waals surface area contributed by atoms with E-state index in [0.29, 0.717) is 32.3 Å². The van der Waals surface area contributed by atoms with Gasteiger partial charge in [0.05, 0.1) is 0 Å². The number of aromatic nitrogens is 1. The molecule has 0 radical (unpaired) electrons. The predicted octanol–water partition coefficient (Wildman–Crippen LogP) is 4.28. The van der Waals surface area contributed by atoms with Gasteiger partial charge in [0.2, 0.25) is 12.3 Å². The first-order valence-electron chi connectivity index (χ1n) is 10.7. The summed E-state index contributed by atoms with van der Waals surface area (Å²) in [5.74, 6) is -0.259. The van der Waals surface area contributed by atoms with Gasteiger partial charge in [-0.25, -0.2) is 4.79 Å². The molecule has 2 aromatic rings. The number of carbonyl (C=O) groups excluding carboxylic acids is 3. The van der Waals surface area contributed by atoms with Gasteiger partial charge in [0.15, 0.2) is 0 Å². The van der Waals surface area contributed by atoms with E-state index in [0.717, 1.165) is 22.9 Å². The second-order valence-electron chi connectivity index (χ2n) is 8.98. The summed E-state index contributed by atoms with van der Waals surface area (Å²) in [5.41, 5.74) is 3.01. The molecule has 31 heavy (non-hydrogen) atoms. The molecule has 0 saturated carbocycles. The van der Waals surface area contributed by atoms with Gasteiger partial charge in [0.1, 0.15) is 5.60 Å². The van der Waals surface area contributed by atoms with Gasteiger partial charge in [-0.2, -0.15) is 0 Å². The summed E-state index contributed by atoms with van der Waals surface area (Å²) in [7, 11) is 0. The van der Waals surface area contributed by atoms with Gasteiger partial charge in [0.25, 0.3) is 0 Å². The zero-order valence-electron chi connectivity index (χ0n) is 18.7. The summed E-state index contributed by atoms with van der Waals surface area (Å²) in [6.45, 7) is 8.87. The molecule has 1 atom stereocenters. The van der Waals surface area contributed by atoms with Crippen LogP contribution in [0.1, 0.15) is 58.6 Å². The van der Waals surface area contributed by atoms with Crippen molar-refractivity contribution in [3.8, 4) is 0 Å². The first kappa shape index (κ1) is 22.6. The average molecular weight is 426 g/mol. The monoisotopic (exact) mass is 425 g/mol. The van der Waals surface area contributed by atoms with E-state index < -0.39 is 5.60 Å². The maximum atomic E-state index is 12.3. The van der Waals surface area contributed by atoms with Crippen LogP contribution in [0.15, 0.2) is 36.5 Å². The Bertz CT molecular complexity index is 1000. The van der Waals surface area contributed by atoms with E-state index in [2.05, 4.69) is 47.1 Å². The van der Waals surface area contributed by atoms with E-state index in [1.807, 2.05) is 27.0 Å². The van der Waals surface area contributed by atoms with Crippen LogP contribution >= 0.6 is 0 Å². The van der Waals surface area contributed by atoms with Crippen LogP contribution in [0.25, 0.3) is 16.5 Å². The lowest BCUT2D eigenvalue weighted by Crippen LogP contribution is -2.39. The van der Waals surface area contributed by atoms with Crippen LogP contribution in [0.2, 0.25) is 0 Å². The fourth-order valence-corrected chi connectivity index (χ4v) is 3.79. The Balaban J connectivity index is 1.68. The van der Waals surface area contributed by atoms with Gasteiger partial charge in [0, 0.05) is 42.7 Å². The van der Waals surface area contributed by atoms with Gasteiger partial charge in [-0.05, 0) is 69.9 Å². The molecule has 166 valence electrons. The molecule has 2 heterocycles. The normalized spacial score (nSPS) is 15.4. The maximum absolute atomic E-state index is 12.3. The average Bonchev–Trinajstić information content (AvgIpc) is 3.14. The third kappa shape index (κ3) is 5.75. The molecule has 7 nitrogen and oxygen atoms in total. The van der Waals surface area contributed by atoms with Crippen molar-refractivity contribution >= 4 is 34.9 Å². The lowest BCUT2D eigenvalue weighted by Gasteiger charge is -2.29. The van der Waals surface area contributed by atoms with E-state index in [1.165, 1.54) is 5.57 Å². The molecule has 3 rings (SSSR count). The zero-order valence-corrected chi connectivity index (χ0v) is 18.7. The molecule has 7 heteroatoms. The molecule has 0 aliphatic carbocycles. The molecule has 1 unspecified atom stereocenters. The second-order valence-corrected chi connectivity index (χ2v) is 8.98. The molecule has 1 aromatic heterocycles. The number of benzene rings is 1. The summed E-state index contributed by atoms with van der Waals surface area (Å²) in [5, 5.41) is 3.32. The van der Waals surface area contributed by atoms with Gasteiger partial charge >= 0.3 is 6.09 Å². The molecule has 1 aromatic carbocycles. The SMILES string of the molecule is CC(CCC(=O)NC=O)n1ccc2cc(C3=CCN(C(=O)OC(C)(C)C)CC3)ccc21. The van der Waals surface area contributed by atoms with Crippen molar-refractivity contribution in [1.82, 2.24) is 14.8 Å². The number of rotatable bonds is 6. The molecule has 1 aliphatic heterocycles. The lowest BCUT2D eigenvalue weighted by molar-refractivity contribution is -0.125. The van der Waals surface area contributed by atoms with E-state index in [1.54, 1.807) is 4.90 Å². The minimum absolute atomic E-state index is 0.136. The van der Waals surface area contributed by atoms with Crippen molar-refractivity contribution < 1.29 is 19.1 Å². The summed E-state index contributed by atoms with van der Waals surface area (Å²) in [6, 6.07) is 8.61. The Morgan fingerprint density at radius 2 is 2.03 bits per heavy atom. The van der Waals surface area contributed by atoms with Crippen LogP contribution in [-0.4, -0.2) is 46.6 Å². The highest BCUT2D eigenvalue weighted by Gasteiger charge is 2.24. The summed E-state index contributed by atoms with van der Waals surface area (Å²) >= 11 is 0. The Kier molecular flexibility index (Phi) is 6.83. The van der Waals surface area contributed by atoms with E-state index in [-0.39, 0.29) is 18.0 Å². The quantitative estimate of drug-likeness (QED) is 0.701. The van der Waals surface area contributed by atoms with Crippen LogP contribution in [0.5, 0.6) is 0 Å². The van der Waals surface area contributed by atoms with Gasteiger partial charge < -0.3 is 14.2 Å². The summed E-state index contributed by atoms with van der Waals surface area (Å²) < 4.78 is 7.62. The maximum Gasteiger partial charge on any atom is 0.410 e. The third-order valence-corrected chi connectivity index (χ3v) is 5.44. The van der Waals surface area contributed by atoms with Gasteiger partial charge in [-0.1, -0.05) is 12.1 Å². The topological polar surface area (TPSA) is 80.6 Å². The highest BCUT2D eigenvalue weighted by atomic mass is 16.6. The van der Waals surface area contributed by atoms with Crippen molar-refractivity contribution in [2.45, 2.75) is 58.6 Å². The first-order chi connectivity index (χ1) is 14.7. The highest BCUT2D eigenvalue weighted by molar-refractivity contribution is 5.86. The van der Waals surface area contributed by atoms with Crippen molar-refractivity contribution in [2.75, 3.05) is 13.1 Å². The first-order valence-corrected chi connectivity index (χ1v) is 10.7. The molecule has 0 spiro atoms. The van der Waals surface area contributed by atoms with E-state index in [9.17, 15) is 14.4 Å². The number of nitrogens with zero attached hydrogens (tertiary/aromatic N) is 2. The smallest absolute Gasteiger partial charge is 0.410 e. The van der Waals surface area contributed by atoms with Crippen LogP contribution in [0.4, 0.5) is 4.79 Å². The van der Waals surface area contributed by atoms with Crippen molar-refractivity contribution in [3.63, 3.8) is 0 Å². The molecule has 1 N–H and O–H groups in total. The standard InChI is InChI=1S/C24H31N3O4/c1-17(5-8-22(29)25-16-28)27-14-11-20-15-19(6-7-21(20)27)18-9-12-26(13-10-18)23(30)31-24(2,3)4/h6-7,9,11,14-17H,5,8,10,12-13H2,1-4H3,(H,25,28,29). The number of hydrogen-bond acceptors (Lipinski definition) is 4. The largest absolute Gasteiger partial charge is 0.444 e. The number of imide groups is 1. The Labute approximate surface area is 183 Å². The molecular weight excluding hydrogens is 394 g/mol. The number of ether oxygens (including phenoxy) is 1.